The smallest absolute Gasteiger partial charge is 0.465 e. The Morgan fingerprint density at radius 3 is 2.21 bits per heavy atom. The molecular formula is C12H9BF3KO2. The van der Waals surface area contributed by atoms with Gasteiger partial charge in [-0.15, -0.1) is 5.46 Å². The molecular weight excluding hydrogens is 283 g/mol. The molecule has 0 unspecified atom stereocenters. The van der Waals surface area contributed by atoms with Gasteiger partial charge in [-0.25, -0.2) is 4.79 Å². The van der Waals surface area contributed by atoms with Gasteiger partial charge in [-0.1, -0.05) is 30.3 Å². The van der Waals surface area contributed by atoms with Crippen molar-refractivity contribution in [2.75, 3.05) is 7.11 Å². The summed E-state index contributed by atoms with van der Waals surface area (Å²) < 4.78 is 43.2. The maximum absolute atomic E-state index is 12.9. The van der Waals surface area contributed by atoms with Crippen LogP contribution in [0.15, 0.2) is 36.4 Å². The first-order valence-corrected chi connectivity index (χ1v) is 5.25. The summed E-state index contributed by atoms with van der Waals surface area (Å²) in [6, 6.07) is 8.00. The molecule has 0 aliphatic heterocycles. The molecule has 0 N–H and O–H groups in total. The third-order valence-corrected chi connectivity index (χ3v) is 2.71. The van der Waals surface area contributed by atoms with Crippen LogP contribution in [0.1, 0.15) is 10.4 Å². The summed E-state index contributed by atoms with van der Waals surface area (Å²) in [5.74, 6) is -0.646. The van der Waals surface area contributed by atoms with E-state index in [0.29, 0.717) is 0 Å². The van der Waals surface area contributed by atoms with E-state index < -0.39 is 18.4 Å². The third-order valence-electron chi connectivity index (χ3n) is 2.71. The van der Waals surface area contributed by atoms with Crippen LogP contribution in [0.5, 0.6) is 0 Å². The van der Waals surface area contributed by atoms with Gasteiger partial charge in [0.2, 0.25) is 0 Å². The van der Waals surface area contributed by atoms with Crippen LogP contribution in [0.25, 0.3) is 10.8 Å². The minimum atomic E-state index is -5.11. The van der Waals surface area contributed by atoms with Crippen molar-refractivity contribution in [2.45, 2.75) is 0 Å². The summed E-state index contributed by atoms with van der Waals surface area (Å²) in [6.45, 7) is -5.11. The van der Waals surface area contributed by atoms with E-state index in [2.05, 4.69) is 4.74 Å². The number of carbonyl (C=O) groups excluding carboxylic acids is 1. The van der Waals surface area contributed by atoms with Gasteiger partial charge in [0.25, 0.3) is 0 Å². The third kappa shape index (κ3) is 3.41. The van der Waals surface area contributed by atoms with Crippen molar-refractivity contribution in [1.82, 2.24) is 0 Å². The Balaban J connectivity index is 0.00000180. The molecule has 0 aliphatic rings. The van der Waals surface area contributed by atoms with Crippen LogP contribution in [0.4, 0.5) is 12.9 Å². The molecule has 0 atom stereocenters. The second-order valence-electron chi connectivity index (χ2n) is 3.81. The molecule has 0 radical (unpaired) electrons. The molecule has 0 heterocycles. The van der Waals surface area contributed by atoms with E-state index in [0.717, 1.165) is 6.07 Å². The number of esters is 1. The zero-order valence-electron chi connectivity index (χ0n) is 10.5. The first-order chi connectivity index (χ1) is 8.45. The summed E-state index contributed by atoms with van der Waals surface area (Å²) in [4.78, 5) is 11.5. The van der Waals surface area contributed by atoms with E-state index in [-0.39, 0.29) is 67.7 Å². The minimum absolute atomic E-state index is 0. The Kier molecular flexibility index (Phi) is 5.64. The number of ether oxygens (including phenoxy) is 1. The van der Waals surface area contributed by atoms with Gasteiger partial charge < -0.3 is 17.7 Å². The van der Waals surface area contributed by atoms with E-state index >= 15 is 0 Å². The Morgan fingerprint density at radius 2 is 1.63 bits per heavy atom. The molecule has 7 heteroatoms. The quantitative estimate of drug-likeness (QED) is 0.560. The average Bonchev–Trinajstić information content (AvgIpc) is 2.35. The first-order valence-electron chi connectivity index (χ1n) is 5.25. The average molecular weight is 292 g/mol. The molecule has 0 saturated carbocycles. The van der Waals surface area contributed by atoms with Crippen LogP contribution in [-0.2, 0) is 4.74 Å². The number of rotatable bonds is 2. The van der Waals surface area contributed by atoms with Crippen LogP contribution in [0.2, 0.25) is 0 Å². The summed E-state index contributed by atoms with van der Waals surface area (Å²) >= 11 is 0. The van der Waals surface area contributed by atoms with Crippen molar-refractivity contribution in [3.8, 4) is 0 Å². The van der Waals surface area contributed by atoms with Gasteiger partial charge in [0.1, 0.15) is 0 Å². The monoisotopic (exact) mass is 292 g/mol. The van der Waals surface area contributed by atoms with Gasteiger partial charge in [-0.2, -0.15) is 0 Å². The predicted octanol–water partition coefficient (Wildman–Crippen LogP) is -0.315. The maximum Gasteiger partial charge on any atom is 1.00 e. The molecule has 0 amide bonds. The Morgan fingerprint density at radius 1 is 1.05 bits per heavy atom. The van der Waals surface area contributed by atoms with Crippen molar-refractivity contribution >= 4 is 29.2 Å². The van der Waals surface area contributed by atoms with E-state index in [1.807, 2.05) is 0 Å². The molecule has 94 valence electrons. The summed E-state index contributed by atoms with van der Waals surface area (Å²) in [5, 5.41) is 0.272. The fourth-order valence-electron chi connectivity index (χ4n) is 1.91. The molecule has 0 aliphatic carbocycles. The SMILES string of the molecule is COC(=O)c1cccc2c([B-](F)(F)F)cccc12.[K+]. The standard InChI is InChI=1S/C12H9BF3O2.K/c1-18-12(17)10-6-2-5-9-8(10)4-3-7-11(9)13(14,15)16;/h2-7H,1H3;/q-1;+1. The summed E-state index contributed by atoms with van der Waals surface area (Å²) in [5.41, 5.74) is -0.560. The first kappa shape index (κ1) is 16.7. The maximum atomic E-state index is 12.9. The van der Waals surface area contributed by atoms with E-state index in [4.69, 9.17) is 0 Å². The predicted molar refractivity (Wildman–Crippen MR) is 64.0 cm³/mol. The number of hydrogen-bond acceptors (Lipinski definition) is 2. The van der Waals surface area contributed by atoms with Gasteiger partial charge in [0.15, 0.2) is 0 Å². The molecule has 0 spiro atoms. The van der Waals surface area contributed by atoms with Gasteiger partial charge in [0.05, 0.1) is 12.7 Å². The van der Waals surface area contributed by atoms with Crippen molar-refractivity contribution in [3.05, 3.63) is 42.0 Å². The van der Waals surface area contributed by atoms with E-state index in [1.165, 1.54) is 37.4 Å². The van der Waals surface area contributed by atoms with Gasteiger partial charge in [-0.05, 0) is 16.8 Å². The number of methoxy groups -OCH3 is 1. The topological polar surface area (TPSA) is 26.3 Å². The van der Waals surface area contributed by atoms with Crippen molar-refractivity contribution in [3.63, 3.8) is 0 Å². The molecule has 2 nitrogen and oxygen atoms in total. The second kappa shape index (κ2) is 6.41. The van der Waals surface area contributed by atoms with Crippen molar-refractivity contribution < 1.29 is 73.9 Å². The molecule has 0 fully saturated rings. The zero-order valence-corrected chi connectivity index (χ0v) is 13.6. The second-order valence-corrected chi connectivity index (χ2v) is 3.81. The molecule has 0 aromatic heterocycles. The largest absolute Gasteiger partial charge is 1.00 e. The molecule has 19 heavy (non-hydrogen) atoms. The number of carbonyl (C=O) groups is 1. The summed E-state index contributed by atoms with van der Waals surface area (Å²) in [6.07, 6.45) is 0. The minimum Gasteiger partial charge on any atom is -0.465 e. The van der Waals surface area contributed by atoms with Gasteiger partial charge in [-0.3, -0.25) is 0 Å². The van der Waals surface area contributed by atoms with E-state index in [9.17, 15) is 17.7 Å². The van der Waals surface area contributed by atoms with Crippen molar-refractivity contribution in [1.29, 1.82) is 0 Å². The Labute approximate surface area is 150 Å². The van der Waals surface area contributed by atoms with Crippen LogP contribution in [-0.4, -0.2) is 20.1 Å². The molecule has 2 aromatic rings. The molecule has 2 aromatic carbocycles. The van der Waals surface area contributed by atoms with Crippen LogP contribution >= 0.6 is 0 Å². The summed E-state index contributed by atoms with van der Waals surface area (Å²) in [7, 11) is 1.19. The zero-order chi connectivity index (χ0) is 13.3. The van der Waals surface area contributed by atoms with E-state index in [1.54, 1.807) is 0 Å². The van der Waals surface area contributed by atoms with Crippen LogP contribution in [0, 0.1) is 0 Å². The molecule has 0 saturated heterocycles. The number of fused-ring (bicyclic) bond motifs is 1. The van der Waals surface area contributed by atoms with Crippen LogP contribution < -0.4 is 56.8 Å². The van der Waals surface area contributed by atoms with Gasteiger partial charge >= 0.3 is 64.3 Å². The Hall–Kier alpha value is -0.339. The number of benzene rings is 2. The Bertz CT molecular complexity index is 613. The number of hydrogen-bond donors (Lipinski definition) is 0. The normalized spacial score (nSPS) is 10.9. The fourth-order valence-corrected chi connectivity index (χ4v) is 1.91. The van der Waals surface area contributed by atoms with Crippen LogP contribution in [0.3, 0.4) is 0 Å². The fraction of sp³-hybridized carbons (Fsp3) is 0.0833. The van der Waals surface area contributed by atoms with Gasteiger partial charge in [0, 0.05) is 0 Å². The molecule has 2 rings (SSSR count). The molecule has 0 bridgehead atoms. The number of halogens is 3. The van der Waals surface area contributed by atoms with Crippen molar-refractivity contribution in [2.24, 2.45) is 0 Å².